The average Bonchev–Trinajstić information content (AvgIpc) is 3.03. The normalized spacial score (nSPS) is 15.4. The number of ether oxygens (including phenoxy) is 1. The number of hydrogen-bond donors (Lipinski definition) is 2. The smallest absolute Gasteiger partial charge is 0.235 e. The summed E-state index contributed by atoms with van der Waals surface area (Å²) in [5, 5.41) is 15.2. The van der Waals surface area contributed by atoms with E-state index in [0.29, 0.717) is 43.4 Å². The zero-order valence-electron chi connectivity index (χ0n) is 15.5. The highest BCUT2D eigenvalue weighted by molar-refractivity contribution is 5.84. The van der Waals surface area contributed by atoms with Crippen molar-refractivity contribution in [3.8, 4) is 17.0 Å². The Kier molecular flexibility index (Phi) is 4.89. The van der Waals surface area contributed by atoms with Crippen molar-refractivity contribution in [3.05, 3.63) is 45.8 Å². The van der Waals surface area contributed by atoms with Crippen molar-refractivity contribution in [1.29, 1.82) is 0 Å². The minimum absolute atomic E-state index is 0.257. The second-order valence-electron chi connectivity index (χ2n) is 7.04. The van der Waals surface area contributed by atoms with Gasteiger partial charge in [0.15, 0.2) is 5.75 Å². The lowest BCUT2D eigenvalue weighted by Gasteiger charge is -2.22. The van der Waals surface area contributed by atoms with Crippen LogP contribution in [0.2, 0.25) is 0 Å². The van der Waals surface area contributed by atoms with Gasteiger partial charge in [0.1, 0.15) is 17.3 Å². The lowest BCUT2D eigenvalue weighted by Crippen LogP contribution is -2.21. The summed E-state index contributed by atoms with van der Waals surface area (Å²) in [6, 6.07) is 3.39. The Labute approximate surface area is 159 Å². The van der Waals surface area contributed by atoms with Crippen molar-refractivity contribution in [2.75, 3.05) is 13.2 Å². The van der Waals surface area contributed by atoms with E-state index >= 15 is 0 Å². The van der Waals surface area contributed by atoms with E-state index in [-0.39, 0.29) is 11.1 Å². The van der Waals surface area contributed by atoms with Gasteiger partial charge in [0.25, 0.3) is 0 Å². The van der Waals surface area contributed by atoms with E-state index in [9.17, 15) is 18.7 Å². The van der Waals surface area contributed by atoms with Gasteiger partial charge in [-0.25, -0.2) is 13.5 Å². The molecule has 0 unspecified atom stereocenters. The van der Waals surface area contributed by atoms with Gasteiger partial charge in [0.2, 0.25) is 5.43 Å². The summed E-state index contributed by atoms with van der Waals surface area (Å²) in [5.74, 6) is -2.11. The number of pyridine rings is 1. The van der Waals surface area contributed by atoms with Crippen molar-refractivity contribution in [2.45, 2.75) is 32.7 Å². The first kappa shape index (κ1) is 18.6. The third-order valence-electron chi connectivity index (χ3n) is 5.27. The molecule has 3 aromatic rings. The van der Waals surface area contributed by atoms with Gasteiger partial charge in [-0.3, -0.25) is 4.79 Å². The number of aryl methyl sites for hydroxylation is 1. The predicted molar refractivity (Wildman–Crippen MR) is 100 cm³/mol. The van der Waals surface area contributed by atoms with Gasteiger partial charge in [0, 0.05) is 19.8 Å². The van der Waals surface area contributed by atoms with Gasteiger partial charge in [0.05, 0.1) is 22.3 Å². The summed E-state index contributed by atoms with van der Waals surface area (Å²) >= 11 is 0. The molecule has 0 saturated carbocycles. The van der Waals surface area contributed by atoms with Gasteiger partial charge in [-0.05, 0) is 37.3 Å². The van der Waals surface area contributed by atoms with Crippen LogP contribution in [0.15, 0.2) is 23.0 Å². The SMILES string of the molecule is CCc1nn(CC2CCOCC2)c2[nH]c(-c3c(F)cccc3F)c(O)c(=O)c12. The number of benzene rings is 1. The third kappa shape index (κ3) is 3.07. The largest absolute Gasteiger partial charge is 0.503 e. The van der Waals surface area contributed by atoms with Gasteiger partial charge >= 0.3 is 0 Å². The van der Waals surface area contributed by atoms with E-state index in [1.807, 2.05) is 6.92 Å². The highest BCUT2D eigenvalue weighted by Gasteiger charge is 2.24. The summed E-state index contributed by atoms with van der Waals surface area (Å²) in [6.45, 7) is 3.77. The molecule has 4 rings (SSSR count). The number of fused-ring (bicyclic) bond motifs is 1. The lowest BCUT2D eigenvalue weighted by atomic mass is 10.0. The molecule has 1 saturated heterocycles. The molecule has 1 aromatic carbocycles. The number of hydrogen-bond acceptors (Lipinski definition) is 4. The highest BCUT2D eigenvalue weighted by atomic mass is 19.1. The van der Waals surface area contributed by atoms with Crippen molar-refractivity contribution in [2.24, 2.45) is 5.92 Å². The Morgan fingerprint density at radius 2 is 1.96 bits per heavy atom. The molecule has 0 spiro atoms. The lowest BCUT2D eigenvalue weighted by molar-refractivity contribution is 0.0605. The van der Waals surface area contributed by atoms with E-state index in [1.165, 1.54) is 6.07 Å². The fourth-order valence-electron chi connectivity index (χ4n) is 3.76. The second-order valence-corrected chi connectivity index (χ2v) is 7.04. The number of halogens is 2. The predicted octanol–water partition coefficient (Wildman–Crippen LogP) is 3.36. The van der Waals surface area contributed by atoms with E-state index in [4.69, 9.17) is 4.74 Å². The molecule has 6 nitrogen and oxygen atoms in total. The van der Waals surface area contributed by atoms with Gasteiger partial charge in [-0.1, -0.05) is 13.0 Å². The molecule has 0 amide bonds. The number of aromatic hydroxyl groups is 1. The number of rotatable bonds is 4. The molecule has 28 heavy (non-hydrogen) atoms. The zero-order chi connectivity index (χ0) is 19.8. The Morgan fingerprint density at radius 1 is 1.29 bits per heavy atom. The second kappa shape index (κ2) is 7.35. The first-order chi connectivity index (χ1) is 13.5. The molecular weight excluding hydrogens is 368 g/mol. The quantitative estimate of drug-likeness (QED) is 0.717. The molecule has 0 bridgehead atoms. The molecule has 8 heteroatoms. The number of nitrogens with one attached hydrogen (secondary N) is 1. The maximum atomic E-state index is 14.3. The third-order valence-corrected chi connectivity index (χ3v) is 5.27. The molecule has 0 aliphatic carbocycles. The molecule has 1 aliphatic rings. The fraction of sp³-hybridized carbons (Fsp3) is 0.400. The summed E-state index contributed by atoms with van der Waals surface area (Å²) in [5.41, 5.74) is -0.510. The maximum absolute atomic E-state index is 14.3. The molecule has 3 heterocycles. The van der Waals surface area contributed by atoms with Crippen LogP contribution >= 0.6 is 0 Å². The number of aromatic nitrogens is 3. The number of H-pyrrole nitrogens is 1. The minimum Gasteiger partial charge on any atom is -0.503 e. The molecule has 0 atom stereocenters. The van der Waals surface area contributed by atoms with E-state index in [0.717, 1.165) is 25.0 Å². The summed E-state index contributed by atoms with van der Waals surface area (Å²) in [4.78, 5) is 15.7. The monoisotopic (exact) mass is 389 g/mol. The topological polar surface area (TPSA) is 80.1 Å². The van der Waals surface area contributed by atoms with Crippen LogP contribution in [0.3, 0.4) is 0 Å². The fourth-order valence-corrected chi connectivity index (χ4v) is 3.76. The first-order valence-electron chi connectivity index (χ1n) is 9.38. The Balaban J connectivity index is 1.92. The van der Waals surface area contributed by atoms with Crippen LogP contribution in [0.4, 0.5) is 8.78 Å². The molecule has 1 fully saturated rings. The van der Waals surface area contributed by atoms with Crippen LogP contribution in [0.25, 0.3) is 22.3 Å². The van der Waals surface area contributed by atoms with Crippen molar-refractivity contribution in [3.63, 3.8) is 0 Å². The molecule has 2 N–H and O–H groups in total. The highest BCUT2D eigenvalue weighted by Crippen LogP contribution is 2.32. The molecule has 2 aromatic heterocycles. The molecule has 0 radical (unpaired) electrons. The summed E-state index contributed by atoms with van der Waals surface area (Å²) in [7, 11) is 0. The van der Waals surface area contributed by atoms with Crippen LogP contribution in [0.1, 0.15) is 25.5 Å². The Morgan fingerprint density at radius 3 is 2.61 bits per heavy atom. The van der Waals surface area contributed by atoms with E-state index in [2.05, 4.69) is 10.1 Å². The first-order valence-corrected chi connectivity index (χ1v) is 9.38. The Hall–Kier alpha value is -2.74. The summed E-state index contributed by atoms with van der Waals surface area (Å²) < 4.78 is 35.6. The van der Waals surface area contributed by atoms with Crippen molar-refractivity contribution in [1.82, 2.24) is 14.8 Å². The van der Waals surface area contributed by atoms with Crippen LogP contribution in [-0.2, 0) is 17.7 Å². The average molecular weight is 389 g/mol. The van der Waals surface area contributed by atoms with Gasteiger partial charge in [-0.15, -0.1) is 0 Å². The van der Waals surface area contributed by atoms with E-state index in [1.54, 1.807) is 4.68 Å². The van der Waals surface area contributed by atoms with Crippen LogP contribution < -0.4 is 5.43 Å². The van der Waals surface area contributed by atoms with Gasteiger partial charge < -0.3 is 14.8 Å². The Bertz CT molecular complexity index is 1060. The summed E-state index contributed by atoms with van der Waals surface area (Å²) in [6.07, 6.45) is 2.24. The minimum atomic E-state index is -0.864. The zero-order valence-corrected chi connectivity index (χ0v) is 15.5. The van der Waals surface area contributed by atoms with Crippen LogP contribution in [0, 0.1) is 17.6 Å². The van der Waals surface area contributed by atoms with Crippen LogP contribution in [-0.4, -0.2) is 33.1 Å². The van der Waals surface area contributed by atoms with E-state index < -0.39 is 28.4 Å². The standard InChI is InChI=1S/C20H21F2N3O3/c1-2-14-16-18(26)19(27)17(15-12(21)4-3-5-13(15)22)23-20(16)25(24-14)10-11-6-8-28-9-7-11/h3-5,11,27H,2,6-10H2,1H3,(H,23,26). The molecule has 148 valence electrons. The number of nitrogens with zero attached hydrogens (tertiary/aromatic N) is 2. The number of aromatic amines is 1. The van der Waals surface area contributed by atoms with Crippen LogP contribution in [0.5, 0.6) is 5.75 Å². The molecular formula is C20H21F2N3O3. The van der Waals surface area contributed by atoms with Crippen molar-refractivity contribution >= 4 is 11.0 Å². The van der Waals surface area contributed by atoms with Crippen molar-refractivity contribution < 1.29 is 18.6 Å². The molecule has 1 aliphatic heterocycles. The van der Waals surface area contributed by atoms with Gasteiger partial charge in [-0.2, -0.15) is 5.10 Å². The maximum Gasteiger partial charge on any atom is 0.235 e.